The highest BCUT2D eigenvalue weighted by Crippen LogP contribution is 2.42. The molecule has 6 N–H and O–H groups in total. The van der Waals surface area contributed by atoms with Gasteiger partial charge in [0.15, 0.2) is 6.10 Å². The van der Waals surface area contributed by atoms with Crippen molar-refractivity contribution in [2.75, 3.05) is 17.2 Å². The van der Waals surface area contributed by atoms with Gasteiger partial charge in [-0.25, -0.2) is 4.79 Å². The second-order valence-corrected chi connectivity index (χ2v) is 13.8. The fourth-order valence-electron chi connectivity index (χ4n) is 5.87. The number of carbonyl (C=O) groups is 4. The number of benzene rings is 2. The Bertz CT molecular complexity index is 2300. The van der Waals surface area contributed by atoms with Gasteiger partial charge in [-0.2, -0.15) is 13.8 Å². The zero-order valence-corrected chi connectivity index (χ0v) is 32.1. The van der Waals surface area contributed by atoms with Gasteiger partial charge in [0.25, 0.3) is 17.5 Å². The number of hydrogen-bond donors (Lipinski definition) is 6. The first-order valence-corrected chi connectivity index (χ1v) is 17.9. The average molecular weight is 827 g/mol. The van der Waals surface area contributed by atoms with E-state index in [9.17, 15) is 53.1 Å². The number of nitrogens with zero attached hydrogens (tertiary/aromatic N) is 4. The van der Waals surface area contributed by atoms with Crippen LogP contribution in [-0.2, 0) is 20.9 Å². The maximum absolute atomic E-state index is 14.5. The number of aryl methyl sites for hydroxylation is 2. The van der Waals surface area contributed by atoms with Crippen molar-refractivity contribution < 1.29 is 57.1 Å². The van der Waals surface area contributed by atoms with Gasteiger partial charge < -0.3 is 45.5 Å². The molecule has 4 amide bonds. The van der Waals surface area contributed by atoms with E-state index < -0.39 is 83.2 Å². The number of amides is 4. The van der Waals surface area contributed by atoms with Gasteiger partial charge in [0, 0.05) is 23.5 Å². The van der Waals surface area contributed by atoms with Crippen LogP contribution in [0.3, 0.4) is 0 Å². The number of aliphatic hydroxyl groups excluding tert-OH is 2. The summed E-state index contributed by atoms with van der Waals surface area (Å²) < 4.78 is 45.3. The number of rotatable bonds is 15. The van der Waals surface area contributed by atoms with Gasteiger partial charge in [-0.05, 0) is 57.0 Å². The number of aliphatic hydroxyl groups is 2. The van der Waals surface area contributed by atoms with E-state index in [4.69, 9.17) is 14.0 Å². The van der Waals surface area contributed by atoms with E-state index in [0.29, 0.717) is 21.6 Å². The molecule has 1 saturated heterocycles. The topological polar surface area (TPSA) is 279 Å². The van der Waals surface area contributed by atoms with Crippen LogP contribution in [0.2, 0.25) is 0 Å². The van der Waals surface area contributed by atoms with Crippen molar-refractivity contribution in [3.63, 3.8) is 0 Å². The molecule has 1 fully saturated rings. The van der Waals surface area contributed by atoms with Gasteiger partial charge in [-0.3, -0.25) is 33.9 Å². The molecule has 3 heterocycles. The highest BCUT2D eigenvalue weighted by Gasteiger charge is 2.59. The molecular weight excluding hydrogens is 786 g/mol. The van der Waals surface area contributed by atoms with Gasteiger partial charge in [-0.15, -0.1) is 0 Å². The number of aromatic nitrogens is 3. The van der Waals surface area contributed by atoms with Gasteiger partial charge in [0.05, 0.1) is 34.4 Å². The highest BCUT2D eigenvalue weighted by molar-refractivity contribution is 6.07. The minimum absolute atomic E-state index is 0.0357. The summed E-state index contributed by atoms with van der Waals surface area (Å²) in [5.74, 6) is -7.47. The maximum atomic E-state index is 14.5. The first kappa shape index (κ1) is 43.5. The summed E-state index contributed by atoms with van der Waals surface area (Å²) in [6.45, 7) is 6.91. The smallest absolute Gasteiger partial charge is 0.351 e. The van der Waals surface area contributed by atoms with E-state index in [1.54, 1.807) is 27.7 Å². The van der Waals surface area contributed by atoms with E-state index in [1.807, 2.05) is 0 Å². The van der Waals surface area contributed by atoms with E-state index in [2.05, 4.69) is 31.4 Å². The van der Waals surface area contributed by atoms with Gasteiger partial charge in [-0.1, -0.05) is 25.1 Å². The van der Waals surface area contributed by atoms with E-state index in [-0.39, 0.29) is 40.7 Å². The second kappa shape index (κ2) is 17.9. The predicted molar refractivity (Wildman–Crippen MR) is 201 cm³/mol. The van der Waals surface area contributed by atoms with Gasteiger partial charge in [0.2, 0.25) is 18.0 Å². The van der Waals surface area contributed by atoms with Crippen LogP contribution in [0.5, 0.6) is 5.75 Å². The molecule has 4 aromatic rings. The number of carbonyl (C=O) groups excluding carboxylic acids is 4. The third-order valence-electron chi connectivity index (χ3n) is 9.24. The molecule has 5 rings (SSSR count). The molecule has 22 heteroatoms. The maximum Gasteiger partial charge on any atom is 0.351 e. The molecule has 0 unspecified atom stereocenters. The molecule has 0 radical (unpaired) electrons. The molecule has 1 aliphatic rings. The van der Waals surface area contributed by atoms with Crippen LogP contribution >= 0.6 is 0 Å². The summed E-state index contributed by atoms with van der Waals surface area (Å²) >= 11 is 0. The van der Waals surface area contributed by atoms with Crippen LogP contribution in [0.15, 0.2) is 64.0 Å². The van der Waals surface area contributed by atoms with Gasteiger partial charge >= 0.3 is 11.6 Å². The Balaban J connectivity index is 1.21. The zero-order valence-electron chi connectivity index (χ0n) is 32.1. The Morgan fingerprint density at radius 2 is 1.76 bits per heavy atom. The summed E-state index contributed by atoms with van der Waals surface area (Å²) in [7, 11) is 0. The minimum Gasteiger partial charge on any atom is -0.488 e. The summed E-state index contributed by atoms with van der Waals surface area (Å²) in [5.41, 5.74) is -0.303. The Kier molecular flexibility index (Phi) is 13.2. The lowest BCUT2D eigenvalue weighted by Crippen LogP contribution is -2.53. The van der Waals surface area contributed by atoms with Crippen molar-refractivity contribution in [2.45, 2.75) is 77.7 Å². The average Bonchev–Trinajstić information content (AvgIpc) is 3.63. The molecule has 0 saturated carbocycles. The van der Waals surface area contributed by atoms with Crippen molar-refractivity contribution in [3.8, 4) is 5.75 Å². The SMILES string of the molecule is Cc1noc(C)c1COc1cc([N+](=O)[O-])ccc1C(=O)Nc1cccc(C(=O)N[C@H](C(=O)N[C@@H](C)C(=O)Nc2ccn([C@@H]3O[C@H](CO)[C@@H](O)C3(F)F)c(=O)n2)C(C)C)c1. The highest BCUT2D eigenvalue weighted by atomic mass is 19.3. The largest absolute Gasteiger partial charge is 0.488 e. The molecule has 0 spiro atoms. The Morgan fingerprint density at radius 1 is 1.03 bits per heavy atom. The number of nitrogens with one attached hydrogen (secondary N) is 4. The molecule has 314 valence electrons. The Labute approximate surface area is 333 Å². The standard InChI is InChI=1S/C37H40F2N8O12/c1-17(2)29(34(53)40-19(4)31(50)42-28-11-12-46(36(54)43-28)35-37(38,39)30(49)27(15-48)58-35)44-32(51)21-7-6-8-22(13-21)41-33(52)24-10-9-23(47(55)56)14-26(24)57-16-25-18(3)45-59-20(25)5/h6-14,17,19,27,29-30,35,48-49H,15-16H2,1-5H3,(H,40,53)(H,41,52)(H,44,51)(H,42,43,50,54)/t19-,27+,29-,30+,35+/m0/s1. The van der Waals surface area contributed by atoms with E-state index >= 15 is 0 Å². The number of nitro benzene ring substituents is 1. The molecule has 1 aliphatic heterocycles. The molecule has 20 nitrogen and oxygen atoms in total. The molecule has 0 bridgehead atoms. The number of anilines is 2. The van der Waals surface area contributed by atoms with Crippen molar-refractivity contribution in [1.29, 1.82) is 0 Å². The predicted octanol–water partition coefficient (Wildman–Crippen LogP) is 2.37. The first-order valence-electron chi connectivity index (χ1n) is 17.9. The Morgan fingerprint density at radius 3 is 2.37 bits per heavy atom. The summed E-state index contributed by atoms with van der Waals surface area (Å²) in [4.78, 5) is 80.0. The first-order chi connectivity index (χ1) is 27.8. The zero-order chi connectivity index (χ0) is 43.3. The van der Waals surface area contributed by atoms with E-state index in [0.717, 1.165) is 24.4 Å². The third-order valence-corrected chi connectivity index (χ3v) is 9.24. The molecule has 0 aliphatic carbocycles. The molecule has 5 atom stereocenters. The van der Waals surface area contributed by atoms with Crippen molar-refractivity contribution >= 4 is 40.8 Å². The van der Waals surface area contributed by atoms with Crippen LogP contribution in [-0.4, -0.2) is 90.3 Å². The lowest BCUT2D eigenvalue weighted by molar-refractivity contribution is -0.384. The number of non-ortho nitro benzene ring substituents is 1. The number of halogens is 2. The van der Waals surface area contributed by atoms with Crippen molar-refractivity contribution in [1.82, 2.24) is 25.3 Å². The monoisotopic (exact) mass is 826 g/mol. The summed E-state index contributed by atoms with van der Waals surface area (Å²) in [6, 6.07) is 7.77. The lowest BCUT2D eigenvalue weighted by atomic mass is 10.0. The molecule has 2 aromatic carbocycles. The fraction of sp³-hybridized carbons (Fsp3) is 0.378. The van der Waals surface area contributed by atoms with Gasteiger partial charge in [0.1, 0.15) is 42.1 Å². The normalized spacial score (nSPS) is 18.1. The number of alkyl halides is 2. The second-order valence-electron chi connectivity index (χ2n) is 13.8. The van der Waals surface area contributed by atoms with Crippen LogP contribution in [0.25, 0.3) is 0 Å². The molecular formula is C37H40F2N8O12. The van der Waals surface area contributed by atoms with Crippen molar-refractivity contribution in [2.24, 2.45) is 5.92 Å². The fourth-order valence-corrected chi connectivity index (χ4v) is 5.87. The van der Waals surface area contributed by atoms with Crippen LogP contribution in [0.4, 0.5) is 26.0 Å². The summed E-state index contributed by atoms with van der Waals surface area (Å²) in [6.07, 6.45) is -5.46. The minimum atomic E-state index is -3.94. The molecule has 2 aromatic heterocycles. The third kappa shape index (κ3) is 9.73. The summed E-state index contributed by atoms with van der Waals surface area (Å²) in [5, 5.41) is 44.3. The van der Waals surface area contributed by atoms with Crippen molar-refractivity contribution in [3.05, 3.63) is 103 Å². The van der Waals surface area contributed by atoms with Crippen LogP contribution in [0.1, 0.15) is 64.7 Å². The number of hydrogen-bond acceptors (Lipinski definition) is 14. The van der Waals surface area contributed by atoms with E-state index in [1.165, 1.54) is 37.3 Å². The quantitative estimate of drug-likeness (QED) is 0.0742. The van der Waals surface area contributed by atoms with Crippen LogP contribution < -0.4 is 31.7 Å². The number of nitro groups is 1. The lowest BCUT2D eigenvalue weighted by Gasteiger charge is -2.24. The molecule has 59 heavy (non-hydrogen) atoms. The number of ether oxygens (including phenoxy) is 2. The Hall–Kier alpha value is -6.65. The van der Waals surface area contributed by atoms with Crippen LogP contribution in [0, 0.1) is 29.9 Å².